The fraction of sp³-hybridized carbons (Fsp3) is 0.733. The molecule has 1 amide bonds. The Morgan fingerprint density at radius 3 is 2.80 bits per heavy atom. The molecule has 1 N–H and O–H groups in total. The highest BCUT2D eigenvalue weighted by atomic mass is 19.1. The van der Waals surface area contributed by atoms with Crippen molar-refractivity contribution < 1.29 is 23.6 Å². The third kappa shape index (κ3) is 4.88. The number of alkyl halides is 1. The van der Waals surface area contributed by atoms with Crippen molar-refractivity contribution in [1.82, 2.24) is 15.1 Å². The number of halogens is 1. The molecule has 0 aromatic carbocycles. The second kappa shape index (κ2) is 7.34. The van der Waals surface area contributed by atoms with Gasteiger partial charge in [0.25, 0.3) is 0 Å². The summed E-state index contributed by atoms with van der Waals surface area (Å²) in [5.74, 6) is 0. The molecule has 140 valence electrons. The number of hydrogen-bond donors (Lipinski definition) is 1. The summed E-state index contributed by atoms with van der Waals surface area (Å²) in [6, 6.07) is -0.785. The van der Waals surface area contributed by atoms with Gasteiger partial charge in [0.2, 0.25) is 0 Å². The SMILES string of the molecule is Cn1ncc([N+](=O)[O-])c1C1CCC(NC(=O)OC(C)(C)C)C(F)CO1. The highest BCUT2D eigenvalue weighted by molar-refractivity contribution is 5.68. The average molecular weight is 358 g/mol. The largest absolute Gasteiger partial charge is 0.444 e. The molecule has 1 aliphatic heterocycles. The van der Waals surface area contributed by atoms with Crippen LogP contribution in [0.5, 0.6) is 0 Å². The van der Waals surface area contributed by atoms with Crippen molar-refractivity contribution in [2.45, 2.75) is 57.5 Å². The third-order valence-electron chi connectivity index (χ3n) is 3.80. The summed E-state index contributed by atoms with van der Waals surface area (Å²) in [6.07, 6.45) is -1.10. The van der Waals surface area contributed by atoms with Crippen LogP contribution in [-0.4, -0.2) is 45.2 Å². The molecule has 0 spiro atoms. The first-order valence-corrected chi connectivity index (χ1v) is 8.00. The second-order valence-corrected chi connectivity index (χ2v) is 6.96. The molecule has 2 rings (SSSR count). The third-order valence-corrected chi connectivity index (χ3v) is 3.80. The van der Waals surface area contributed by atoms with E-state index in [4.69, 9.17) is 9.47 Å². The molecular formula is C15H23FN4O5. The van der Waals surface area contributed by atoms with Gasteiger partial charge in [-0.1, -0.05) is 0 Å². The van der Waals surface area contributed by atoms with Gasteiger partial charge in [0.15, 0.2) is 0 Å². The molecule has 1 aromatic heterocycles. The Bertz CT molecular complexity index is 642. The van der Waals surface area contributed by atoms with E-state index >= 15 is 0 Å². The Labute approximate surface area is 144 Å². The van der Waals surface area contributed by atoms with Crippen molar-refractivity contribution >= 4 is 11.8 Å². The van der Waals surface area contributed by atoms with Gasteiger partial charge in [0.05, 0.1) is 17.6 Å². The Balaban J connectivity index is 2.07. The van der Waals surface area contributed by atoms with Gasteiger partial charge in [-0.05, 0) is 33.6 Å². The van der Waals surface area contributed by atoms with Crippen LogP contribution in [0.15, 0.2) is 6.20 Å². The standard InChI is InChI=1S/C15H23FN4O5/c1-15(2,3)25-14(21)18-10-5-6-12(24-8-9(10)16)13-11(20(22)23)7-17-19(13)4/h7,9-10,12H,5-6,8H2,1-4H3,(H,18,21). The average Bonchev–Trinajstić information content (AvgIpc) is 2.77. The van der Waals surface area contributed by atoms with Crippen molar-refractivity contribution in [3.63, 3.8) is 0 Å². The number of carbonyl (C=O) groups is 1. The number of alkyl carbamates (subject to hydrolysis) is 1. The lowest BCUT2D eigenvalue weighted by Crippen LogP contribution is -2.44. The van der Waals surface area contributed by atoms with Crippen molar-refractivity contribution in [2.24, 2.45) is 7.05 Å². The van der Waals surface area contributed by atoms with Crippen LogP contribution in [0.25, 0.3) is 0 Å². The summed E-state index contributed by atoms with van der Waals surface area (Å²) in [4.78, 5) is 22.4. The van der Waals surface area contributed by atoms with Crippen molar-refractivity contribution in [3.8, 4) is 0 Å². The number of nitrogens with zero attached hydrogens (tertiary/aromatic N) is 3. The van der Waals surface area contributed by atoms with E-state index in [0.717, 1.165) is 6.20 Å². The highest BCUT2D eigenvalue weighted by Gasteiger charge is 2.35. The minimum atomic E-state index is -1.44. The summed E-state index contributed by atoms with van der Waals surface area (Å²) in [6.45, 7) is 4.86. The van der Waals surface area contributed by atoms with Gasteiger partial charge >= 0.3 is 11.8 Å². The lowest BCUT2D eigenvalue weighted by Gasteiger charge is -2.24. The van der Waals surface area contributed by atoms with Crippen LogP contribution in [0.3, 0.4) is 0 Å². The lowest BCUT2D eigenvalue weighted by atomic mass is 10.0. The Kier molecular flexibility index (Phi) is 5.61. The maximum Gasteiger partial charge on any atom is 0.407 e. The molecule has 9 nitrogen and oxygen atoms in total. The topological polar surface area (TPSA) is 109 Å². The van der Waals surface area contributed by atoms with E-state index < -0.39 is 34.9 Å². The number of carbonyl (C=O) groups excluding carboxylic acids is 1. The van der Waals surface area contributed by atoms with Gasteiger partial charge in [-0.15, -0.1) is 0 Å². The quantitative estimate of drug-likeness (QED) is 0.656. The molecule has 1 saturated heterocycles. The minimum Gasteiger partial charge on any atom is -0.444 e. The summed E-state index contributed by atoms with van der Waals surface area (Å²) < 4.78 is 26.3. The molecule has 0 saturated carbocycles. The molecule has 25 heavy (non-hydrogen) atoms. The van der Waals surface area contributed by atoms with Crippen LogP contribution in [0.1, 0.15) is 45.4 Å². The molecule has 2 heterocycles. The van der Waals surface area contributed by atoms with Crippen molar-refractivity contribution in [2.75, 3.05) is 6.61 Å². The molecule has 1 aromatic rings. The monoisotopic (exact) mass is 358 g/mol. The van der Waals surface area contributed by atoms with Crippen LogP contribution < -0.4 is 5.32 Å². The van der Waals surface area contributed by atoms with Crippen molar-refractivity contribution in [1.29, 1.82) is 0 Å². The molecule has 0 bridgehead atoms. The summed E-state index contributed by atoms with van der Waals surface area (Å²) in [5, 5.41) is 17.5. The van der Waals surface area contributed by atoms with E-state index in [1.807, 2.05) is 0 Å². The van der Waals surface area contributed by atoms with Gasteiger partial charge in [0, 0.05) is 7.05 Å². The van der Waals surface area contributed by atoms with Crippen LogP contribution in [0, 0.1) is 10.1 Å². The minimum absolute atomic E-state index is 0.165. The number of amides is 1. The summed E-state index contributed by atoms with van der Waals surface area (Å²) in [5.41, 5.74) is -0.564. The molecular weight excluding hydrogens is 335 g/mol. The van der Waals surface area contributed by atoms with Gasteiger partial charge < -0.3 is 14.8 Å². The van der Waals surface area contributed by atoms with E-state index in [-0.39, 0.29) is 24.4 Å². The number of nitro groups is 1. The van der Waals surface area contributed by atoms with Crippen molar-refractivity contribution in [3.05, 3.63) is 22.0 Å². The zero-order valence-electron chi connectivity index (χ0n) is 14.7. The number of aryl methyl sites for hydroxylation is 1. The molecule has 3 unspecified atom stereocenters. The second-order valence-electron chi connectivity index (χ2n) is 6.96. The van der Waals surface area contributed by atoms with Crippen LogP contribution in [0.4, 0.5) is 14.9 Å². The van der Waals surface area contributed by atoms with E-state index in [1.165, 1.54) is 4.68 Å². The smallest absolute Gasteiger partial charge is 0.407 e. The molecule has 1 aliphatic rings. The maximum atomic E-state index is 14.3. The fourth-order valence-corrected chi connectivity index (χ4v) is 2.71. The zero-order valence-corrected chi connectivity index (χ0v) is 14.7. The number of aromatic nitrogens is 2. The Morgan fingerprint density at radius 1 is 1.52 bits per heavy atom. The van der Waals surface area contributed by atoms with Crippen LogP contribution >= 0.6 is 0 Å². The normalized spacial score (nSPS) is 24.4. The van der Waals surface area contributed by atoms with Gasteiger partial charge in [-0.3, -0.25) is 14.8 Å². The number of hydrogen-bond acceptors (Lipinski definition) is 6. The van der Waals surface area contributed by atoms with Gasteiger partial charge in [-0.25, -0.2) is 9.18 Å². The molecule has 0 aliphatic carbocycles. The maximum absolute atomic E-state index is 14.3. The van der Waals surface area contributed by atoms with Crippen LogP contribution in [0.2, 0.25) is 0 Å². The first-order valence-electron chi connectivity index (χ1n) is 8.00. The van der Waals surface area contributed by atoms with E-state index in [0.29, 0.717) is 6.42 Å². The highest BCUT2D eigenvalue weighted by Crippen LogP contribution is 2.33. The zero-order chi connectivity index (χ0) is 18.8. The first kappa shape index (κ1) is 19.1. The summed E-state index contributed by atoms with van der Waals surface area (Å²) in [7, 11) is 1.57. The van der Waals surface area contributed by atoms with E-state index in [2.05, 4.69) is 10.4 Å². The Morgan fingerprint density at radius 2 is 2.20 bits per heavy atom. The molecule has 3 atom stereocenters. The molecule has 10 heteroatoms. The predicted molar refractivity (Wildman–Crippen MR) is 85.8 cm³/mol. The summed E-state index contributed by atoms with van der Waals surface area (Å²) >= 11 is 0. The van der Waals surface area contributed by atoms with E-state index in [9.17, 15) is 19.3 Å². The predicted octanol–water partition coefficient (Wildman–Crippen LogP) is 2.41. The molecule has 0 radical (unpaired) electrons. The molecule has 1 fully saturated rings. The van der Waals surface area contributed by atoms with E-state index in [1.54, 1.807) is 27.8 Å². The van der Waals surface area contributed by atoms with Crippen LogP contribution in [-0.2, 0) is 16.5 Å². The Hall–Kier alpha value is -2.23. The van der Waals surface area contributed by atoms with Gasteiger partial charge in [0.1, 0.15) is 29.8 Å². The number of rotatable bonds is 3. The lowest BCUT2D eigenvalue weighted by molar-refractivity contribution is -0.386. The number of ether oxygens (including phenoxy) is 2. The first-order chi connectivity index (χ1) is 11.6. The number of nitrogens with one attached hydrogen (secondary N) is 1. The fourth-order valence-electron chi connectivity index (χ4n) is 2.71. The van der Waals surface area contributed by atoms with Gasteiger partial charge in [-0.2, -0.15) is 5.10 Å².